The molecular formula is C21H27ClN2O4S2. The van der Waals surface area contributed by atoms with Gasteiger partial charge in [-0.1, -0.05) is 23.7 Å². The summed E-state index contributed by atoms with van der Waals surface area (Å²) in [5, 5.41) is 3.47. The molecule has 0 fully saturated rings. The molecule has 2 aromatic carbocycles. The quantitative estimate of drug-likeness (QED) is 0.503. The van der Waals surface area contributed by atoms with Gasteiger partial charge in [0.05, 0.1) is 18.0 Å². The first kappa shape index (κ1) is 24.4. The van der Waals surface area contributed by atoms with Gasteiger partial charge >= 0.3 is 0 Å². The lowest BCUT2D eigenvalue weighted by Gasteiger charge is -2.22. The van der Waals surface area contributed by atoms with Crippen LogP contribution in [0, 0.1) is 0 Å². The Morgan fingerprint density at radius 1 is 1.20 bits per heavy atom. The van der Waals surface area contributed by atoms with E-state index in [2.05, 4.69) is 5.32 Å². The number of anilines is 1. The molecule has 0 unspecified atom stereocenters. The van der Waals surface area contributed by atoms with Crippen LogP contribution in [0.25, 0.3) is 0 Å². The highest BCUT2D eigenvalue weighted by molar-refractivity contribution is 7.98. The minimum Gasteiger partial charge on any atom is -0.491 e. The highest BCUT2D eigenvalue weighted by Crippen LogP contribution is 2.22. The number of nitrogens with zero attached hydrogens (tertiary/aromatic N) is 1. The van der Waals surface area contributed by atoms with E-state index in [0.29, 0.717) is 28.8 Å². The summed E-state index contributed by atoms with van der Waals surface area (Å²) in [5.41, 5.74) is 1.53. The van der Waals surface area contributed by atoms with Crippen LogP contribution < -0.4 is 14.4 Å². The second kappa shape index (κ2) is 11.5. The molecule has 9 heteroatoms. The summed E-state index contributed by atoms with van der Waals surface area (Å²) in [7, 11) is -3.61. The Hall–Kier alpha value is -1.90. The van der Waals surface area contributed by atoms with E-state index in [0.717, 1.165) is 21.9 Å². The highest BCUT2D eigenvalue weighted by Gasteiger charge is 2.20. The summed E-state index contributed by atoms with van der Waals surface area (Å²) in [6.45, 7) is 3.99. The van der Waals surface area contributed by atoms with Gasteiger partial charge in [-0.05, 0) is 55.8 Å². The summed E-state index contributed by atoms with van der Waals surface area (Å²) < 4.78 is 31.0. The van der Waals surface area contributed by atoms with E-state index >= 15 is 0 Å². The summed E-state index contributed by atoms with van der Waals surface area (Å²) in [5.74, 6) is 1.78. The maximum Gasteiger partial charge on any atom is 0.240 e. The molecule has 0 spiro atoms. The van der Waals surface area contributed by atoms with Crippen molar-refractivity contribution in [2.24, 2.45) is 0 Å². The Morgan fingerprint density at radius 2 is 1.90 bits per heavy atom. The third kappa shape index (κ3) is 8.45. The van der Waals surface area contributed by atoms with Crippen molar-refractivity contribution in [2.75, 3.05) is 29.4 Å². The van der Waals surface area contributed by atoms with Crippen molar-refractivity contribution in [2.45, 2.75) is 25.7 Å². The van der Waals surface area contributed by atoms with Crippen LogP contribution in [0.2, 0.25) is 5.02 Å². The second-order valence-corrected chi connectivity index (χ2v) is 10.4. The predicted octanol–water partition coefficient (Wildman–Crippen LogP) is 3.94. The standard InChI is InChI=1S/C21H27ClN2O4S2/c1-16(2)28-20-9-7-19(8-10-20)24(30(3,26)27)14-21(25)23-11-12-29-15-17-5-4-6-18(22)13-17/h4-10,13,16H,11-12,14-15H2,1-3H3,(H,23,25). The number of nitrogens with one attached hydrogen (secondary N) is 1. The van der Waals surface area contributed by atoms with E-state index in [-0.39, 0.29) is 18.6 Å². The first-order valence-electron chi connectivity index (χ1n) is 9.48. The van der Waals surface area contributed by atoms with E-state index < -0.39 is 10.0 Å². The Kier molecular flexibility index (Phi) is 9.33. The van der Waals surface area contributed by atoms with E-state index in [1.165, 1.54) is 0 Å². The van der Waals surface area contributed by atoms with Gasteiger partial charge < -0.3 is 10.1 Å². The Morgan fingerprint density at radius 3 is 2.50 bits per heavy atom. The Balaban J connectivity index is 1.85. The topological polar surface area (TPSA) is 75.7 Å². The van der Waals surface area contributed by atoms with Gasteiger partial charge in [0.15, 0.2) is 0 Å². The van der Waals surface area contributed by atoms with Crippen molar-refractivity contribution in [1.82, 2.24) is 5.32 Å². The molecule has 0 saturated heterocycles. The van der Waals surface area contributed by atoms with Crippen LogP contribution in [0.15, 0.2) is 48.5 Å². The third-order valence-electron chi connectivity index (χ3n) is 3.91. The Bertz CT molecular complexity index is 934. The molecule has 0 aliphatic rings. The van der Waals surface area contributed by atoms with Crippen LogP contribution in [-0.2, 0) is 20.6 Å². The average molecular weight is 471 g/mol. The lowest BCUT2D eigenvalue weighted by Crippen LogP contribution is -2.41. The fourth-order valence-corrected chi connectivity index (χ4v) is 4.50. The fraction of sp³-hybridized carbons (Fsp3) is 0.381. The molecule has 0 aromatic heterocycles. The first-order chi connectivity index (χ1) is 14.1. The second-order valence-electron chi connectivity index (χ2n) is 6.96. The number of ether oxygens (including phenoxy) is 1. The molecule has 0 bridgehead atoms. The van der Waals surface area contributed by atoms with E-state index in [1.807, 2.05) is 38.1 Å². The number of halogens is 1. The van der Waals surface area contributed by atoms with Crippen molar-refractivity contribution in [3.05, 3.63) is 59.1 Å². The smallest absolute Gasteiger partial charge is 0.240 e. The monoisotopic (exact) mass is 470 g/mol. The van der Waals surface area contributed by atoms with Gasteiger partial charge in [0, 0.05) is 23.1 Å². The van der Waals surface area contributed by atoms with Gasteiger partial charge in [0.2, 0.25) is 15.9 Å². The summed E-state index contributed by atoms with van der Waals surface area (Å²) in [6, 6.07) is 14.3. The van der Waals surface area contributed by atoms with Crippen LogP contribution in [0.5, 0.6) is 5.75 Å². The highest BCUT2D eigenvalue weighted by atomic mass is 35.5. The number of rotatable bonds is 11. The first-order valence-corrected chi connectivity index (χ1v) is 12.9. The molecule has 0 radical (unpaired) electrons. The molecule has 0 aliphatic heterocycles. The van der Waals surface area contributed by atoms with Gasteiger partial charge in [-0.25, -0.2) is 8.42 Å². The lowest BCUT2D eigenvalue weighted by atomic mass is 10.2. The molecule has 2 rings (SSSR count). The third-order valence-corrected chi connectivity index (χ3v) is 6.32. The minimum absolute atomic E-state index is 0.0179. The molecular weight excluding hydrogens is 444 g/mol. The maximum absolute atomic E-state index is 12.3. The minimum atomic E-state index is -3.61. The van der Waals surface area contributed by atoms with Gasteiger partial charge in [0.25, 0.3) is 0 Å². The molecule has 0 saturated carbocycles. The van der Waals surface area contributed by atoms with Gasteiger partial charge in [0.1, 0.15) is 12.3 Å². The molecule has 1 N–H and O–H groups in total. The zero-order chi connectivity index (χ0) is 22.1. The van der Waals surface area contributed by atoms with Crippen molar-refractivity contribution in [3.63, 3.8) is 0 Å². The van der Waals surface area contributed by atoms with Crippen molar-refractivity contribution >= 4 is 45.0 Å². The van der Waals surface area contributed by atoms with Crippen molar-refractivity contribution in [3.8, 4) is 5.75 Å². The molecule has 30 heavy (non-hydrogen) atoms. The van der Waals surface area contributed by atoms with Crippen molar-refractivity contribution in [1.29, 1.82) is 0 Å². The number of benzene rings is 2. The predicted molar refractivity (Wildman–Crippen MR) is 125 cm³/mol. The number of hydrogen-bond acceptors (Lipinski definition) is 5. The number of amides is 1. The Labute approximate surface area is 188 Å². The largest absolute Gasteiger partial charge is 0.491 e. The summed E-state index contributed by atoms with van der Waals surface area (Å²) in [4.78, 5) is 12.3. The average Bonchev–Trinajstić information content (AvgIpc) is 2.65. The molecule has 1 amide bonds. The maximum atomic E-state index is 12.3. The normalized spacial score (nSPS) is 11.4. The number of hydrogen-bond donors (Lipinski definition) is 1. The van der Waals surface area contributed by atoms with Crippen LogP contribution in [0.3, 0.4) is 0 Å². The van der Waals surface area contributed by atoms with E-state index in [4.69, 9.17) is 16.3 Å². The van der Waals surface area contributed by atoms with Crippen molar-refractivity contribution < 1.29 is 17.9 Å². The van der Waals surface area contributed by atoms with Gasteiger partial charge in [-0.3, -0.25) is 9.10 Å². The van der Waals surface area contributed by atoms with Crippen LogP contribution in [-0.4, -0.2) is 45.5 Å². The molecule has 6 nitrogen and oxygen atoms in total. The molecule has 0 heterocycles. The zero-order valence-electron chi connectivity index (χ0n) is 17.3. The van der Waals surface area contributed by atoms with Gasteiger partial charge in [-0.2, -0.15) is 11.8 Å². The zero-order valence-corrected chi connectivity index (χ0v) is 19.7. The number of carbonyl (C=O) groups excluding carboxylic acids is 1. The molecule has 2 aromatic rings. The van der Waals surface area contributed by atoms with E-state index in [9.17, 15) is 13.2 Å². The summed E-state index contributed by atoms with van der Waals surface area (Å²) >= 11 is 7.63. The van der Waals surface area contributed by atoms with Gasteiger partial charge in [-0.15, -0.1) is 0 Å². The fourth-order valence-electron chi connectivity index (χ4n) is 2.63. The number of thioether (sulfide) groups is 1. The van der Waals surface area contributed by atoms with Crippen LogP contribution in [0.4, 0.5) is 5.69 Å². The number of carbonyl (C=O) groups is 1. The number of sulfonamides is 1. The summed E-state index contributed by atoms with van der Waals surface area (Å²) in [6.07, 6.45) is 1.10. The van der Waals surface area contributed by atoms with Crippen LogP contribution >= 0.6 is 23.4 Å². The van der Waals surface area contributed by atoms with E-state index in [1.54, 1.807) is 36.0 Å². The van der Waals surface area contributed by atoms with Crippen LogP contribution in [0.1, 0.15) is 19.4 Å². The SMILES string of the molecule is CC(C)Oc1ccc(N(CC(=O)NCCSCc2cccc(Cl)c2)S(C)(=O)=O)cc1. The molecule has 0 atom stereocenters. The molecule has 164 valence electrons. The lowest BCUT2D eigenvalue weighted by molar-refractivity contribution is -0.119. The molecule has 0 aliphatic carbocycles.